The van der Waals surface area contributed by atoms with Crippen LogP contribution < -0.4 is 5.32 Å². The highest BCUT2D eigenvalue weighted by Crippen LogP contribution is 2.32. The van der Waals surface area contributed by atoms with Crippen LogP contribution in [0.3, 0.4) is 0 Å². The fourth-order valence-electron chi connectivity index (χ4n) is 3.82. The van der Waals surface area contributed by atoms with Crippen molar-refractivity contribution >= 4 is 33.0 Å². The standard InChI is InChI=1S/C20H24N2O3S2/c1-14-7-8-18-15(11-14)12-19(26-18)20(23)21-16-5-4-6-17(13-16)27(24,25)22-9-2-3-10-22/h4-6,12-14H,2-3,7-11H2,1H3,(H,21,23)/t14-/m0/s1. The summed E-state index contributed by atoms with van der Waals surface area (Å²) in [5.41, 5.74) is 1.80. The van der Waals surface area contributed by atoms with Gasteiger partial charge in [0.15, 0.2) is 0 Å². The third-order valence-corrected chi connectivity index (χ3v) is 8.48. The average Bonchev–Trinajstić information content (AvgIpc) is 3.31. The van der Waals surface area contributed by atoms with Crippen LogP contribution in [0.2, 0.25) is 0 Å². The topological polar surface area (TPSA) is 66.5 Å². The van der Waals surface area contributed by atoms with Crippen molar-refractivity contribution in [2.75, 3.05) is 18.4 Å². The quantitative estimate of drug-likeness (QED) is 0.840. The van der Waals surface area contributed by atoms with Crippen molar-refractivity contribution in [1.82, 2.24) is 4.31 Å². The van der Waals surface area contributed by atoms with Gasteiger partial charge < -0.3 is 5.32 Å². The number of hydrogen-bond acceptors (Lipinski definition) is 4. The minimum absolute atomic E-state index is 0.169. The van der Waals surface area contributed by atoms with E-state index >= 15 is 0 Å². The Morgan fingerprint density at radius 2 is 2.00 bits per heavy atom. The van der Waals surface area contributed by atoms with Gasteiger partial charge in [-0.05, 0) is 67.9 Å². The predicted molar refractivity (Wildman–Crippen MR) is 108 cm³/mol. The van der Waals surface area contributed by atoms with Crippen molar-refractivity contribution in [3.8, 4) is 0 Å². The maximum atomic E-state index is 12.7. The molecule has 1 saturated heterocycles. The zero-order valence-corrected chi connectivity index (χ0v) is 17.0. The Morgan fingerprint density at radius 3 is 2.78 bits per heavy atom. The largest absolute Gasteiger partial charge is 0.321 e. The van der Waals surface area contributed by atoms with Gasteiger partial charge in [0.25, 0.3) is 5.91 Å². The molecular formula is C20H24N2O3S2. The third-order valence-electron chi connectivity index (χ3n) is 5.35. The molecule has 0 unspecified atom stereocenters. The van der Waals surface area contributed by atoms with Gasteiger partial charge in [-0.2, -0.15) is 4.31 Å². The number of carbonyl (C=O) groups excluding carboxylic acids is 1. The van der Waals surface area contributed by atoms with Crippen LogP contribution in [-0.4, -0.2) is 31.7 Å². The van der Waals surface area contributed by atoms with Crippen molar-refractivity contribution in [2.24, 2.45) is 5.92 Å². The summed E-state index contributed by atoms with van der Waals surface area (Å²) in [5, 5.41) is 2.87. The zero-order valence-electron chi connectivity index (χ0n) is 15.4. The van der Waals surface area contributed by atoms with Gasteiger partial charge >= 0.3 is 0 Å². The van der Waals surface area contributed by atoms with E-state index in [0.29, 0.717) is 29.6 Å². The molecule has 0 radical (unpaired) electrons. The van der Waals surface area contributed by atoms with Gasteiger partial charge in [-0.25, -0.2) is 8.42 Å². The van der Waals surface area contributed by atoms with Crippen molar-refractivity contribution < 1.29 is 13.2 Å². The molecule has 0 spiro atoms. The molecule has 1 fully saturated rings. The number of fused-ring (bicyclic) bond motifs is 1. The second-order valence-corrected chi connectivity index (χ2v) is 10.6. The summed E-state index contributed by atoms with van der Waals surface area (Å²) in [6.07, 6.45) is 5.04. The van der Waals surface area contributed by atoms with E-state index in [4.69, 9.17) is 0 Å². The Kier molecular flexibility index (Phi) is 5.09. The Labute approximate surface area is 164 Å². The van der Waals surface area contributed by atoms with E-state index in [1.54, 1.807) is 35.6 Å². The molecule has 1 atom stereocenters. The molecule has 27 heavy (non-hydrogen) atoms. The number of hydrogen-bond donors (Lipinski definition) is 1. The molecule has 0 bridgehead atoms. The Bertz CT molecular complexity index is 959. The van der Waals surface area contributed by atoms with Crippen LogP contribution in [0.4, 0.5) is 5.69 Å². The number of carbonyl (C=O) groups is 1. The number of benzene rings is 1. The van der Waals surface area contributed by atoms with Gasteiger partial charge in [0.2, 0.25) is 10.0 Å². The molecule has 1 aliphatic carbocycles. The first kappa shape index (κ1) is 18.7. The van der Waals surface area contributed by atoms with Crippen molar-refractivity contribution in [3.05, 3.63) is 45.6 Å². The molecule has 2 aromatic rings. The van der Waals surface area contributed by atoms with Gasteiger partial charge in [0, 0.05) is 23.7 Å². The van der Waals surface area contributed by atoms with E-state index in [2.05, 4.69) is 12.2 Å². The number of nitrogens with zero attached hydrogens (tertiary/aromatic N) is 1. The fourth-order valence-corrected chi connectivity index (χ4v) is 6.49. The number of anilines is 1. The lowest BCUT2D eigenvalue weighted by molar-refractivity contribution is 0.103. The highest BCUT2D eigenvalue weighted by Gasteiger charge is 2.27. The van der Waals surface area contributed by atoms with Crippen molar-refractivity contribution in [2.45, 2.75) is 43.9 Å². The number of sulfonamides is 1. The van der Waals surface area contributed by atoms with Crippen LogP contribution in [-0.2, 0) is 22.9 Å². The average molecular weight is 405 g/mol. The molecule has 1 amide bonds. The highest BCUT2D eigenvalue weighted by molar-refractivity contribution is 7.89. The molecule has 4 rings (SSSR count). The van der Waals surface area contributed by atoms with E-state index in [1.807, 2.05) is 6.07 Å². The maximum absolute atomic E-state index is 12.7. The molecular weight excluding hydrogens is 380 g/mol. The molecule has 1 aromatic carbocycles. The van der Waals surface area contributed by atoms with Crippen molar-refractivity contribution in [3.63, 3.8) is 0 Å². The minimum Gasteiger partial charge on any atom is -0.321 e. The number of rotatable bonds is 4. The predicted octanol–water partition coefficient (Wildman–Crippen LogP) is 3.91. The third kappa shape index (κ3) is 3.81. The van der Waals surface area contributed by atoms with Gasteiger partial charge in [-0.3, -0.25) is 4.79 Å². The van der Waals surface area contributed by atoms with Crippen LogP contribution in [0, 0.1) is 5.92 Å². The molecule has 1 N–H and O–H groups in total. The van der Waals surface area contributed by atoms with Gasteiger partial charge in [-0.1, -0.05) is 13.0 Å². The summed E-state index contributed by atoms with van der Waals surface area (Å²) in [4.78, 5) is 14.9. The number of nitrogens with one attached hydrogen (secondary N) is 1. The van der Waals surface area contributed by atoms with Crippen LogP contribution in [0.15, 0.2) is 35.2 Å². The first-order chi connectivity index (χ1) is 12.9. The normalized spacial score (nSPS) is 20.4. The summed E-state index contributed by atoms with van der Waals surface area (Å²) in [6.45, 7) is 3.38. The smallest absolute Gasteiger partial charge is 0.265 e. The first-order valence-electron chi connectivity index (χ1n) is 9.46. The molecule has 1 aromatic heterocycles. The van der Waals surface area contributed by atoms with Gasteiger partial charge in [0.05, 0.1) is 9.77 Å². The van der Waals surface area contributed by atoms with Crippen LogP contribution >= 0.6 is 11.3 Å². The van der Waals surface area contributed by atoms with E-state index in [9.17, 15) is 13.2 Å². The molecule has 7 heteroatoms. The summed E-state index contributed by atoms with van der Waals surface area (Å²) in [5.74, 6) is 0.494. The lowest BCUT2D eigenvalue weighted by Gasteiger charge is -2.16. The van der Waals surface area contributed by atoms with Gasteiger partial charge in [0.1, 0.15) is 0 Å². The number of aryl methyl sites for hydroxylation is 1. The van der Waals surface area contributed by atoms with E-state index in [-0.39, 0.29) is 10.8 Å². The molecule has 2 aliphatic rings. The Hall–Kier alpha value is -1.70. The molecule has 1 aliphatic heterocycles. The highest BCUT2D eigenvalue weighted by atomic mass is 32.2. The zero-order chi connectivity index (χ0) is 19.0. The molecule has 5 nitrogen and oxygen atoms in total. The minimum atomic E-state index is -3.49. The summed E-state index contributed by atoms with van der Waals surface area (Å²) in [7, 11) is -3.49. The monoisotopic (exact) mass is 404 g/mol. The lowest BCUT2D eigenvalue weighted by Crippen LogP contribution is -2.27. The second-order valence-electron chi connectivity index (χ2n) is 7.50. The molecule has 2 heterocycles. The molecule has 0 saturated carbocycles. The van der Waals surface area contributed by atoms with Crippen LogP contribution in [0.5, 0.6) is 0 Å². The second kappa shape index (κ2) is 7.37. The summed E-state index contributed by atoms with van der Waals surface area (Å²) >= 11 is 1.56. The molecule has 144 valence electrons. The Morgan fingerprint density at radius 1 is 1.22 bits per heavy atom. The van der Waals surface area contributed by atoms with Crippen molar-refractivity contribution in [1.29, 1.82) is 0 Å². The Balaban J connectivity index is 1.52. The SMILES string of the molecule is C[C@H]1CCc2sc(C(=O)Nc3cccc(S(=O)(=O)N4CCCC4)c3)cc2C1. The number of amides is 1. The first-order valence-corrected chi connectivity index (χ1v) is 11.7. The van der Waals surface area contributed by atoms with Crippen LogP contribution in [0.1, 0.15) is 46.3 Å². The summed E-state index contributed by atoms with van der Waals surface area (Å²) < 4.78 is 27.0. The van der Waals surface area contributed by atoms with Crippen LogP contribution in [0.25, 0.3) is 0 Å². The fraction of sp³-hybridized carbons (Fsp3) is 0.450. The number of thiophene rings is 1. The van der Waals surface area contributed by atoms with E-state index < -0.39 is 10.0 Å². The van der Waals surface area contributed by atoms with Gasteiger partial charge in [-0.15, -0.1) is 11.3 Å². The summed E-state index contributed by atoms with van der Waals surface area (Å²) in [6, 6.07) is 8.56. The lowest BCUT2D eigenvalue weighted by atomic mass is 9.90. The maximum Gasteiger partial charge on any atom is 0.265 e. The van der Waals surface area contributed by atoms with E-state index in [1.165, 1.54) is 21.2 Å². The van der Waals surface area contributed by atoms with E-state index in [0.717, 1.165) is 25.7 Å².